The molecular formula is C17H20N4O. The average molecular weight is 296 g/mol. The molecule has 3 rings (SSSR count). The van der Waals surface area contributed by atoms with Gasteiger partial charge >= 0.3 is 0 Å². The number of nitrogens with zero attached hydrogens (tertiary/aromatic N) is 3. The Labute approximate surface area is 130 Å². The summed E-state index contributed by atoms with van der Waals surface area (Å²) in [6.45, 7) is 5.54. The first-order valence-electron chi connectivity index (χ1n) is 7.60. The van der Waals surface area contributed by atoms with Crippen LogP contribution in [0.15, 0.2) is 30.5 Å². The Balaban J connectivity index is 1.81. The summed E-state index contributed by atoms with van der Waals surface area (Å²) in [5.41, 5.74) is 2.56. The number of carbonyl (C=O) groups is 1. The van der Waals surface area contributed by atoms with Gasteiger partial charge in [0.1, 0.15) is 11.6 Å². The molecule has 1 aromatic carbocycles. The number of aromatic nitrogens is 2. The number of anilines is 2. The highest BCUT2D eigenvalue weighted by atomic mass is 16.2. The molecule has 0 saturated carbocycles. The second kappa shape index (κ2) is 6.13. The molecule has 1 fully saturated rings. The molecule has 0 unspecified atom stereocenters. The zero-order valence-electron chi connectivity index (χ0n) is 13.0. The summed E-state index contributed by atoms with van der Waals surface area (Å²) in [5, 5.41) is 3.28. The maximum atomic E-state index is 12.4. The fraction of sp³-hybridized carbons (Fsp3) is 0.353. The van der Waals surface area contributed by atoms with Gasteiger partial charge in [-0.05, 0) is 44.9 Å². The van der Waals surface area contributed by atoms with Crippen molar-refractivity contribution in [3.63, 3.8) is 0 Å². The molecule has 1 N–H and O–H groups in total. The van der Waals surface area contributed by atoms with Crippen LogP contribution in [0.1, 0.15) is 34.6 Å². The predicted octanol–water partition coefficient (Wildman–Crippen LogP) is 3.07. The van der Waals surface area contributed by atoms with Crippen molar-refractivity contribution in [3.8, 4) is 0 Å². The van der Waals surface area contributed by atoms with Crippen LogP contribution in [0, 0.1) is 13.8 Å². The lowest BCUT2D eigenvalue weighted by molar-refractivity contribution is 0.0793. The highest BCUT2D eigenvalue weighted by molar-refractivity contribution is 5.95. The minimum atomic E-state index is 0.108. The first-order chi connectivity index (χ1) is 10.6. The quantitative estimate of drug-likeness (QED) is 0.945. The first kappa shape index (κ1) is 14.5. The van der Waals surface area contributed by atoms with Crippen molar-refractivity contribution in [2.24, 2.45) is 0 Å². The van der Waals surface area contributed by atoms with E-state index >= 15 is 0 Å². The lowest BCUT2D eigenvalue weighted by Gasteiger charge is -2.16. The van der Waals surface area contributed by atoms with Gasteiger partial charge in [-0.15, -0.1) is 0 Å². The molecular weight excluding hydrogens is 276 g/mol. The van der Waals surface area contributed by atoms with Crippen LogP contribution in [0.5, 0.6) is 0 Å². The Hall–Kier alpha value is -2.43. The van der Waals surface area contributed by atoms with Crippen LogP contribution in [-0.4, -0.2) is 33.9 Å². The first-order valence-corrected chi connectivity index (χ1v) is 7.60. The van der Waals surface area contributed by atoms with E-state index in [4.69, 9.17) is 0 Å². The Kier molecular flexibility index (Phi) is 4.04. The van der Waals surface area contributed by atoms with Crippen molar-refractivity contribution in [2.45, 2.75) is 26.7 Å². The van der Waals surface area contributed by atoms with Crippen molar-refractivity contribution in [2.75, 3.05) is 18.4 Å². The molecule has 2 heterocycles. The molecule has 0 radical (unpaired) electrons. The smallest absolute Gasteiger partial charge is 0.253 e. The third kappa shape index (κ3) is 3.08. The third-order valence-corrected chi connectivity index (χ3v) is 3.86. The second-order valence-electron chi connectivity index (χ2n) is 5.65. The summed E-state index contributed by atoms with van der Waals surface area (Å²) in [7, 11) is 0. The fourth-order valence-corrected chi connectivity index (χ4v) is 2.63. The van der Waals surface area contributed by atoms with E-state index in [0.29, 0.717) is 0 Å². The lowest BCUT2D eigenvalue weighted by Crippen LogP contribution is -2.27. The Morgan fingerprint density at radius 2 is 2.00 bits per heavy atom. The molecule has 5 nitrogen and oxygen atoms in total. The van der Waals surface area contributed by atoms with E-state index in [1.807, 2.05) is 43.0 Å². The largest absolute Gasteiger partial charge is 0.340 e. The number of carbonyl (C=O) groups excluding carboxylic acids is 1. The van der Waals surface area contributed by atoms with Crippen LogP contribution in [0.25, 0.3) is 0 Å². The molecule has 0 spiro atoms. The van der Waals surface area contributed by atoms with Crippen molar-refractivity contribution in [1.29, 1.82) is 0 Å². The highest BCUT2D eigenvalue weighted by Gasteiger charge is 2.19. The lowest BCUT2D eigenvalue weighted by atomic mass is 10.1. The predicted molar refractivity (Wildman–Crippen MR) is 86.4 cm³/mol. The monoisotopic (exact) mass is 296 g/mol. The van der Waals surface area contributed by atoms with Gasteiger partial charge in [0.05, 0.1) is 0 Å². The van der Waals surface area contributed by atoms with Gasteiger partial charge in [-0.25, -0.2) is 9.97 Å². The summed E-state index contributed by atoms with van der Waals surface area (Å²) in [4.78, 5) is 22.9. The number of amides is 1. The number of rotatable bonds is 3. The van der Waals surface area contributed by atoms with Crippen molar-refractivity contribution in [3.05, 3.63) is 47.4 Å². The number of benzene rings is 1. The summed E-state index contributed by atoms with van der Waals surface area (Å²) in [6.07, 6.45) is 4.00. The third-order valence-electron chi connectivity index (χ3n) is 3.86. The molecule has 1 saturated heterocycles. The average Bonchev–Trinajstić information content (AvgIpc) is 3.05. The molecule has 0 aliphatic carbocycles. The molecule has 1 amide bonds. The molecule has 2 aromatic rings. The standard InChI is InChI=1S/C17H20N4O/c1-12-11-18-13(2)19-16(12)20-15-7-5-6-14(10-15)17(22)21-8-3-4-9-21/h5-7,10-11H,3-4,8-9H2,1-2H3,(H,18,19,20). The Morgan fingerprint density at radius 3 is 2.77 bits per heavy atom. The van der Waals surface area contributed by atoms with E-state index in [1.54, 1.807) is 6.20 Å². The normalized spacial score (nSPS) is 14.2. The maximum Gasteiger partial charge on any atom is 0.253 e. The summed E-state index contributed by atoms with van der Waals surface area (Å²) in [6, 6.07) is 7.59. The van der Waals surface area contributed by atoms with Crippen LogP contribution in [0.2, 0.25) is 0 Å². The van der Waals surface area contributed by atoms with Crippen LogP contribution < -0.4 is 5.32 Å². The van der Waals surface area contributed by atoms with Gasteiger partial charge in [-0.2, -0.15) is 0 Å². The van der Waals surface area contributed by atoms with Crippen LogP contribution in [0.4, 0.5) is 11.5 Å². The van der Waals surface area contributed by atoms with E-state index in [0.717, 1.165) is 54.4 Å². The molecule has 114 valence electrons. The SMILES string of the molecule is Cc1ncc(C)c(Nc2cccc(C(=O)N3CCCC3)c2)n1. The van der Waals surface area contributed by atoms with E-state index in [1.165, 1.54) is 0 Å². The van der Waals surface area contributed by atoms with Crippen LogP contribution >= 0.6 is 0 Å². The van der Waals surface area contributed by atoms with Gasteiger partial charge in [0.2, 0.25) is 0 Å². The van der Waals surface area contributed by atoms with Crippen molar-refractivity contribution >= 4 is 17.4 Å². The molecule has 5 heteroatoms. The number of aryl methyl sites for hydroxylation is 2. The van der Waals surface area contributed by atoms with E-state index < -0.39 is 0 Å². The summed E-state index contributed by atoms with van der Waals surface area (Å²) >= 11 is 0. The van der Waals surface area contributed by atoms with E-state index in [-0.39, 0.29) is 5.91 Å². The highest BCUT2D eigenvalue weighted by Crippen LogP contribution is 2.20. The maximum absolute atomic E-state index is 12.4. The Morgan fingerprint density at radius 1 is 1.23 bits per heavy atom. The minimum absolute atomic E-state index is 0.108. The minimum Gasteiger partial charge on any atom is -0.340 e. The van der Waals surface area contributed by atoms with Gasteiger partial charge < -0.3 is 10.2 Å². The molecule has 1 aliphatic heterocycles. The van der Waals surface area contributed by atoms with Gasteiger partial charge in [0.25, 0.3) is 5.91 Å². The van der Waals surface area contributed by atoms with Gasteiger partial charge in [0.15, 0.2) is 0 Å². The molecule has 0 bridgehead atoms. The second-order valence-corrected chi connectivity index (χ2v) is 5.65. The number of hydrogen-bond acceptors (Lipinski definition) is 4. The number of nitrogens with one attached hydrogen (secondary N) is 1. The molecule has 1 aromatic heterocycles. The van der Waals surface area contributed by atoms with E-state index in [9.17, 15) is 4.79 Å². The zero-order chi connectivity index (χ0) is 15.5. The summed E-state index contributed by atoms with van der Waals surface area (Å²) < 4.78 is 0. The fourth-order valence-electron chi connectivity index (χ4n) is 2.63. The topological polar surface area (TPSA) is 58.1 Å². The van der Waals surface area contributed by atoms with Crippen LogP contribution in [0.3, 0.4) is 0 Å². The van der Waals surface area contributed by atoms with Gasteiger partial charge in [-0.3, -0.25) is 4.79 Å². The number of hydrogen-bond donors (Lipinski definition) is 1. The van der Waals surface area contributed by atoms with Crippen LogP contribution in [-0.2, 0) is 0 Å². The molecule has 22 heavy (non-hydrogen) atoms. The van der Waals surface area contributed by atoms with Crippen molar-refractivity contribution < 1.29 is 4.79 Å². The molecule has 1 aliphatic rings. The summed E-state index contributed by atoms with van der Waals surface area (Å²) in [5.74, 6) is 1.60. The zero-order valence-corrected chi connectivity index (χ0v) is 13.0. The number of likely N-dealkylation sites (tertiary alicyclic amines) is 1. The van der Waals surface area contributed by atoms with Gasteiger partial charge in [-0.1, -0.05) is 6.07 Å². The van der Waals surface area contributed by atoms with Crippen molar-refractivity contribution in [1.82, 2.24) is 14.9 Å². The van der Waals surface area contributed by atoms with Gasteiger partial charge in [0, 0.05) is 36.1 Å². The molecule has 0 atom stereocenters. The Bertz CT molecular complexity index is 693. The van der Waals surface area contributed by atoms with E-state index in [2.05, 4.69) is 15.3 Å².